The third-order valence-electron chi connectivity index (χ3n) is 2.56. The maximum absolute atomic E-state index is 13.3. The highest BCUT2D eigenvalue weighted by Gasteiger charge is 2.03. The smallest absolute Gasteiger partial charge is 0.314 e. The predicted molar refractivity (Wildman–Crippen MR) is 79.0 cm³/mol. The van der Waals surface area contributed by atoms with Crippen LogP contribution in [0.4, 0.5) is 19.3 Å². The standard InChI is InChI=1S/C15H11ClF2N2O/c16-12-9-11(5-6-14(12)18)20-15(21)19-8-7-10-3-1-2-4-13(10)17/h1-9H,(H2,19,20,21)/b8-7+. The lowest BCUT2D eigenvalue weighted by molar-refractivity contribution is 0.255. The summed E-state index contributed by atoms with van der Waals surface area (Å²) in [4.78, 5) is 11.6. The summed E-state index contributed by atoms with van der Waals surface area (Å²) in [5.41, 5.74) is 0.695. The van der Waals surface area contributed by atoms with E-state index in [1.54, 1.807) is 18.2 Å². The lowest BCUT2D eigenvalue weighted by Crippen LogP contribution is -2.23. The minimum absolute atomic E-state index is 0.0882. The summed E-state index contributed by atoms with van der Waals surface area (Å²) in [5, 5.41) is 4.78. The first-order chi connectivity index (χ1) is 10.1. The Kier molecular flexibility index (Phi) is 4.90. The molecular weight excluding hydrogens is 298 g/mol. The van der Waals surface area contributed by atoms with Crippen LogP contribution in [-0.4, -0.2) is 6.03 Å². The van der Waals surface area contributed by atoms with Crippen molar-refractivity contribution in [3.05, 3.63) is 70.9 Å². The van der Waals surface area contributed by atoms with Gasteiger partial charge < -0.3 is 10.6 Å². The molecule has 6 heteroatoms. The Morgan fingerprint density at radius 2 is 1.86 bits per heavy atom. The van der Waals surface area contributed by atoms with Crippen LogP contribution in [0.5, 0.6) is 0 Å². The zero-order valence-corrected chi connectivity index (χ0v) is 11.5. The summed E-state index contributed by atoms with van der Waals surface area (Å²) in [5.74, 6) is -0.955. The molecule has 0 atom stereocenters. The second-order valence-corrected chi connectivity index (χ2v) is 4.49. The van der Waals surface area contributed by atoms with Gasteiger partial charge in [-0.3, -0.25) is 0 Å². The fraction of sp³-hybridized carbons (Fsp3) is 0. The second-order valence-electron chi connectivity index (χ2n) is 4.08. The van der Waals surface area contributed by atoms with Crippen LogP contribution in [0.2, 0.25) is 5.02 Å². The Morgan fingerprint density at radius 3 is 2.57 bits per heavy atom. The Labute approximate surface area is 125 Å². The van der Waals surface area contributed by atoms with E-state index in [-0.39, 0.29) is 10.8 Å². The summed E-state index contributed by atoms with van der Waals surface area (Å²) >= 11 is 5.60. The number of urea groups is 1. The van der Waals surface area contributed by atoms with Crippen molar-refractivity contribution in [1.82, 2.24) is 5.32 Å². The van der Waals surface area contributed by atoms with E-state index in [2.05, 4.69) is 10.6 Å². The number of nitrogens with one attached hydrogen (secondary N) is 2. The van der Waals surface area contributed by atoms with Crippen molar-refractivity contribution in [3.8, 4) is 0 Å². The summed E-state index contributed by atoms with van der Waals surface area (Å²) < 4.78 is 26.3. The van der Waals surface area contributed by atoms with Gasteiger partial charge in [0.05, 0.1) is 5.02 Å². The van der Waals surface area contributed by atoms with Gasteiger partial charge in [-0.15, -0.1) is 0 Å². The van der Waals surface area contributed by atoms with Gasteiger partial charge in [-0.25, -0.2) is 13.6 Å². The van der Waals surface area contributed by atoms with E-state index in [4.69, 9.17) is 11.6 Å². The molecule has 108 valence electrons. The number of amides is 2. The molecule has 2 aromatic carbocycles. The third kappa shape index (κ3) is 4.29. The molecule has 21 heavy (non-hydrogen) atoms. The largest absolute Gasteiger partial charge is 0.323 e. The van der Waals surface area contributed by atoms with Gasteiger partial charge in [0.15, 0.2) is 0 Å². The SMILES string of the molecule is O=C(N/C=C/c1ccccc1F)Nc1ccc(F)c(Cl)c1. The van der Waals surface area contributed by atoms with Crippen LogP contribution in [0.25, 0.3) is 6.08 Å². The number of hydrogen-bond acceptors (Lipinski definition) is 1. The van der Waals surface area contributed by atoms with Gasteiger partial charge in [-0.2, -0.15) is 0 Å². The first-order valence-corrected chi connectivity index (χ1v) is 6.38. The van der Waals surface area contributed by atoms with Crippen molar-refractivity contribution >= 4 is 29.4 Å². The molecular formula is C15H11ClF2N2O. The van der Waals surface area contributed by atoms with Crippen molar-refractivity contribution in [2.75, 3.05) is 5.32 Å². The van der Waals surface area contributed by atoms with E-state index in [1.165, 1.54) is 30.5 Å². The second kappa shape index (κ2) is 6.85. The summed E-state index contributed by atoms with van der Waals surface area (Å²) in [6.45, 7) is 0. The highest BCUT2D eigenvalue weighted by Crippen LogP contribution is 2.19. The van der Waals surface area contributed by atoms with Gasteiger partial charge in [0.25, 0.3) is 0 Å². The Morgan fingerprint density at radius 1 is 1.10 bits per heavy atom. The van der Waals surface area contributed by atoms with Gasteiger partial charge in [0.1, 0.15) is 11.6 Å². The molecule has 2 amide bonds. The molecule has 0 aliphatic carbocycles. The van der Waals surface area contributed by atoms with E-state index in [9.17, 15) is 13.6 Å². The molecule has 2 rings (SSSR count). The highest BCUT2D eigenvalue weighted by atomic mass is 35.5. The number of carbonyl (C=O) groups excluding carboxylic acids is 1. The van der Waals surface area contributed by atoms with Crippen LogP contribution >= 0.6 is 11.6 Å². The molecule has 3 nitrogen and oxygen atoms in total. The molecule has 0 unspecified atom stereocenters. The van der Waals surface area contributed by atoms with Gasteiger partial charge in [0.2, 0.25) is 0 Å². The van der Waals surface area contributed by atoms with E-state index in [0.29, 0.717) is 11.3 Å². The van der Waals surface area contributed by atoms with Crippen LogP contribution < -0.4 is 10.6 Å². The maximum Gasteiger partial charge on any atom is 0.323 e. The van der Waals surface area contributed by atoms with E-state index >= 15 is 0 Å². The van der Waals surface area contributed by atoms with Crippen LogP contribution in [0.1, 0.15) is 5.56 Å². The topological polar surface area (TPSA) is 41.1 Å². The highest BCUT2D eigenvalue weighted by molar-refractivity contribution is 6.31. The Balaban J connectivity index is 1.93. The van der Waals surface area contributed by atoms with Crippen LogP contribution in [0.15, 0.2) is 48.7 Å². The maximum atomic E-state index is 13.3. The molecule has 0 spiro atoms. The molecule has 0 fully saturated rings. The van der Waals surface area contributed by atoms with Gasteiger partial charge in [-0.1, -0.05) is 29.8 Å². The third-order valence-corrected chi connectivity index (χ3v) is 2.85. The number of carbonyl (C=O) groups is 1. The zero-order chi connectivity index (χ0) is 15.2. The minimum atomic E-state index is -0.568. The van der Waals surface area contributed by atoms with Crippen molar-refractivity contribution in [3.63, 3.8) is 0 Å². The van der Waals surface area contributed by atoms with E-state index in [0.717, 1.165) is 6.07 Å². The monoisotopic (exact) mass is 308 g/mol. The first kappa shape index (κ1) is 15.0. The molecule has 2 N–H and O–H groups in total. The average Bonchev–Trinajstić information content (AvgIpc) is 2.45. The molecule has 0 saturated heterocycles. The minimum Gasteiger partial charge on any atom is -0.314 e. The number of hydrogen-bond donors (Lipinski definition) is 2. The lowest BCUT2D eigenvalue weighted by atomic mass is 10.2. The summed E-state index contributed by atoms with van der Waals surface area (Å²) in [7, 11) is 0. The first-order valence-electron chi connectivity index (χ1n) is 6.00. The van der Waals surface area contributed by atoms with E-state index in [1.807, 2.05) is 0 Å². The molecule has 0 heterocycles. The molecule has 2 aromatic rings. The van der Waals surface area contributed by atoms with Crippen molar-refractivity contribution < 1.29 is 13.6 Å². The van der Waals surface area contributed by atoms with Gasteiger partial charge >= 0.3 is 6.03 Å². The van der Waals surface area contributed by atoms with Crippen LogP contribution in [0, 0.1) is 11.6 Å². The lowest BCUT2D eigenvalue weighted by Gasteiger charge is -2.05. The normalized spacial score (nSPS) is 10.6. The molecule has 0 aromatic heterocycles. The predicted octanol–water partition coefficient (Wildman–Crippen LogP) is 4.41. The number of halogens is 3. The fourth-order valence-electron chi connectivity index (χ4n) is 1.56. The van der Waals surface area contributed by atoms with Crippen molar-refractivity contribution in [2.45, 2.75) is 0 Å². The van der Waals surface area contributed by atoms with Crippen molar-refractivity contribution in [2.24, 2.45) is 0 Å². The van der Waals surface area contributed by atoms with Gasteiger partial charge in [-0.05, 0) is 30.3 Å². The molecule has 0 aliphatic heterocycles. The van der Waals surface area contributed by atoms with E-state index < -0.39 is 11.8 Å². The Bertz CT molecular complexity index is 689. The van der Waals surface area contributed by atoms with Crippen LogP contribution in [-0.2, 0) is 0 Å². The van der Waals surface area contributed by atoms with Crippen molar-refractivity contribution in [1.29, 1.82) is 0 Å². The fourth-order valence-corrected chi connectivity index (χ4v) is 1.74. The van der Waals surface area contributed by atoms with Gasteiger partial charge in [0, 0.05) is 17.5 Å². The molecule has 0 aliphatic rings. The molecule has 0 bridgehead atoms. The molecule has 0 radical (unpaired) electrons. The number of benzene rings is 2. The number of anilines is 1. The summed E-state index contributed by atoms with van der Waals surface area (Å²) in [6, 6.07) is 9.41. The summed E-state index contributed by atoms with van der Waals surface area (Å²) in [6.07, 6.45) is 2.73. The quantitative estimate of drug-likeness (QED) is 0.866. The Hall–Kier alpha value is -2.40. The number of rotatable bonds is 3. The average molecular weight is 309 g/mol. The zero-order valence-electron chi connectivity index (χ0n) is 10.7. The van der Waals surface area contributed by atoms with Crippen LogP contribution in [0.3, 0.4) is 0 Å². The molecule has 0 saturated carbocycles.